The maximum Gasteiger partial charge on any atom is 0.222 e. The van der Waals surface area contributed by atoms with Gasteiger partial charge in [-0.25, -0.2) is 9.37 Å². The van der Waals surface area contributed by atoms with Gasteiger partial charge < -0.3 is 16.4 Å². The number of amides is 1. The number of pyridine rings is 1. The summed E-state index contributed by atoms with van der Waals surface area (Å²) >= 11 is 0. The van der Waals surface area contributed by atoms with Gasteiger partial charge in [0, 0.05) is 43.0 Å². The first-order valence-electron chi connectivity index (χ1n) is 9.00. The van der Waals surface area contributed by atoms with Crippen molar-refractivity contribution in [2.45, 2.75) is 19.4 Å². The van der Waals surface area contributed by atoms with Crippen LogP contribution in [-0.4, -0.2) is 23.5 Å². The molecule has 0 unspecified atom stereocenters. The van der Waals surface area contributed by atoms with Gasteiger partial charge in [0.1, 0.15) is 11.6 Å². The molecule has 0 aliphatic rings. The first-order valence-corrected chi connectivity index (χ1v) is 9.00. The number of nitrogens with one attached hydrogen (secondary N) is 2. The molecule has 3 aromatic rings. The highest BCUT2D eigenvalue weighted by molar-refractivity contribution is 5.88. The van der Waals surface area contributed by atoms with Gasteiger partial charge >= 0.3 is 0 Å². The molecule has 0 saturated heterocycles. The van der Waals surface area contributed by atoms with Crippen LogP contribution in [-0.2, 0) is 11.2 Å². The monoisotopic (exact) mass is 377 g/mol. The van der Waals surface area contributed by atoms with Crippen molar-refractivity contribution in [1.29, 1.82) is 0 Å². The van der Waals surface area contributed by atoms with Crippen LogP contribution in [0.5, 0.6) is 0 Å². The van der Waals surface area contributed by atoms with E-state index in [9.17, 15) is 9.18 Å². The van der Waals surface area contributed by atoms with E-state index < -0.39 is 0 Å². The molecule has 0 fully saturated rings. The SMILES string of the molecule is CC(=O)Nc1[c]c(-c2ccc(F)cc2NC[C@@H](N)Cc2ccccc2)ccn1. The highest BCUT2D eigenvalue weighted by atomic mass is 19.1. The Bertz CT molecular complexity index is 946. The van der Waals surface area contributed by atoms with Gasteiger partial charge in [0.05, 0.1) is 0 Å². The van der Waals surface area contributed by atoms with Crippen molar-refractivity contribution in [2.24, 2.45) is 5.73 Å². The van der Waals surface area contributed by atoms with Crippen molar-refractivity contribution < 1.29 is 9.18 Å². The number of anilines is 2. The molecule has 1 atom stereocenters. The second-order valence-corrected chi connectivity index (χ2v) is 6.53. The van der Waals surface area contributed by atoms with Gasteiger partial charge in [0.2, 0.25) is 5.91 Å². The van der Waals surface area contributed by atoms with E-state index in [2.05, 4.69) is 21.7 Å². The maximum atomic E-state index is 13.8. The van der Waals surface area contributed by atoms with Crippen molar-refractivity contribution >= 4 is 17.4 Å². The van der Waals surface area contributed by atoms with Gasteiger partial charge in [0.25, 0.3) is 0 Å². The lowest BCUT2D eigenvalue weighted by molar-refractivity contribution is -0.114. The molecule has 0 aliphatic heterocycles. The van der Waals surface area contributed by atoms with E-state index in [1.165, 1.54) is 19.1 Å². The van der Waals surface area contributed by atoms with Crippen LogP contribution in [0.25, 0.3) is 11.1 Å². The van der Waals surface area contributed by atoms with Gasteiger partial charge in [-0.05, 0) is 41.8 Å². The van der Waals surface area contributed by atoms with Gasteiger partial charge in [-0.2, -0.15) is 0 Å². The van der Waals surface area contributed by atoms with Gasteiger partial charge in [-0.1, -0.05) is 30.3 Å². The zero-order valence-corrected chi connectivity index (χ0v) is 15.6. The summed E-state index contributed by atoms with van der Waals surface area (Å²) in [5.74, 6) is -0.259. The maximum absolute atomic E-state index is 13.8. The number of carbonyl (C=O) groups excluding carboxylic acids is 1. The first kappa shape index (κ1) is 19.5. The van der Waals surface area contributed by atoms with Gasteiger partial charge in [-0.3, -0.25) is 4.79 Å². The zero-order valence-electron chi connectivity index (χ0n) is 15.6. The number of nitrogens with zero attached hydrogens (tertiary/aromatic N) is 1. The number of rotatable bonds is 7. The zero-order chi connectivity index (χ0) is 19.9. The molecule has 2 aromatic carbocycles. The minimum absolute atomic E-state index is 0.130. The summed E-state index contributed by atoms with van der Waals surface area (Å²) in [6, 6.07) is 19.1. The molecule has 1 heterocycles. The second kappa shape index (κ2) is 9.10. The summed E-state index contributed by atoms with van der Waals surface area (Å²) in [6.45, 7) is 1.89. The molecule has 1 aromatic heterocycles. The molecule has 6 heteroatoms. The van der Waals surface area contributed by atoms with Crippen LogP contribution in [0, 0.1) is 11.9 Å². The van der Waals surface area contributed by atoms with E-state index in [1.807, 2.05) is 30.3 Å². The van der Waals surface area contributed by atoms with E-state index in [0.717, 1.165) is 11.1 Å². The molecular formula is C22H22FN4O. The first-order chi connectivity index (χ1) is 13.5. The Morgan fingerprint density at radius 3 is 2.75 bits per heavy atom. The molecular weight excluding hydrogens is 355 g/mol. The van der Waals surface area contributed by atoms with Crippen LogP contribution in [0.2, 0.25) is 0 Å². The lowest BCUT2D eigenvalue weighted by atomic mass is 10.0. The van der Waals surface area contributed by atoms with Crippen LogP contribution in [0.15, 0.2) is 60.8 Å². The number of hydrogen-bond acceptors (Lipinski definition) is 4. The van der Waals surface area contributed by atoms with E-state index in [1.54, 1.807) is 18.3 Å². The van der Waals surface area contributed by atoms with Crippen LogP contribution in [0.3, 0.4) is 0 Å². The molecule has 1 amide bonds. The van der Waals surface area contributed by atoms with Crippen LogP contribution >= 0.6 is 0 Å². The molecule has 0 saturated carbocycles. The molecule has 3 rings (SSSR count). The van der Waals surface area contributed by atoms with Crippen molar-refractivity contribution in [2.75, 3.05) is 17.2 Å². The van der Waals surface area contributed by atoms with E-state index >= 15 is 0 Å². The topological polar surface area (TPSA) is 80.0 Å². The van der Waals surface area contributed by atoms with Crippen molar-refractivity contribution in [3.63, 3.8) is 0 Å². The normalized spacial score (nSPS) is 11.7. The minimum atomic E-state index is -0.348. The molecule has 4 N–H and O–H groups in total. The van der Waals surface area contributed by atoms with E-state index in [0.29, 0.717) is 30.0 Å². The lowest BCUT2D eigenvalue weighted by Crippen LogP contribution is -2.31. The smallest absolute Gasteiger partial charge is 0.222 e. The van der Waals surface area contributed by atoms with Crippen molar-refractivity contribution in [1.82, 2.24) is 4.98 Å². The number of hydrogen-bond donors (Lipinski definition) is 3. The second-order valence-electron chi connectivity index (χ2n) is 6.53. The number of nitrogens with two attached hydrogens (primary N) is 1. The molecule has 143 valence electrons. The quantitative estimate of drug-likeness (QED) is 0.587. The third-order valence-electron chi connectivity index (χ3n) is 4.16. The fourth-order valence-electron chi connectivity index (χ4n) is 2.90. The van der Waals surface area contributed by atoms with Gasteiger partial charge in [0.15, 0.2) is 0 Å². The number of aromatic nitrogens is 1. The number of halogens is 1. The fourth-order valence-corrected chi connectivity index (χ4v) is 2.90. The average Bonchev–Trinajstić information content (AvgIpc) is 2.67. The predicted octanol–water partition coefficient (Wildman–Crippen LogP) is 3.63. The largest absolute Gasteiger partial charge is 0.383 e. The summed E-state index contributed by atoms with van der Waals surface area (Å²) in [5.41, 5.74) is 9.44. The van der Waals surface area contributed by atoms with Crippen LogP contribution < -0.4 is 16.4 Å². The molecule has 0 spiro atoms. The van der Waals surface area contributed by atoms with E-state index in [4.69, 9.17) is 5.73 Å². The van der Waals surface area contributed by atoms with E-state index in [-0.39, 0.29) is 17.8 Å². The fraction of sp³-hybridized carbons (Fsp3) is 0.182. The summed E-state index contributed by atoms with van der Waals surface area (Å²) in [4.78, 5) is 15.3. The van der Waals surface area contributed by atoms with Crippen LogP contribution in [0.4, 0.5) is 15.9 Å². The Kier molecular flexibility index (Phi) is 6.34. The Hall–Kier alpha value is -3.25. The Balaban J connectivity index is 1.76. The number of benzene rings is 2. The molecule has 1 radical (unpaired) electrons. The molecule has 0 bridgehead atoms. The Morgan fingerprint density at radius 2 is 2.00 bits per heavy atom. The summed E-state index contributed by atoms with van der Waals surface area (Å²) in [6.07, 6.45) is 2.29. The van der Waals surface area contributed by atoms with Gasteiger partial charge in [-0.15, -0.1) is 0 Å². The lowest BCUT2D eigenvalue weighted by Gasteiger charge is -2.17. The molecule has 5 nitrogen and oxygen atoms in total. The standard InChI is InChI=1S/C22H22FN4O/c1-15(28)27-22-12-17(9-10-25-22)20-8-7-18(23)13-21(20)26-14-19(24)11-16-5-3-2-4-6-16/h2-10,13,19,26H,11,14,24H2,1H3,(H,25,27,28)/t19-/m0/s1. The Morgan fingerprint density at radius 1 is 1.21 bits per heavy atom. The molecule has 0 aliphatic carbocycles. The summed E-state index contributed by atoms with van der Waals surface area (Å²) < 4.78 is 13.8. The van der Waals surface area contributed by atoms with Crippen molar-refractivity contribution in [3.05, 3.63) is 78.2 Å². The third-order valence-corrected chi connectivity index (χ3v) is 4.16. The van der Waals surface area contributed by atoms with Crippen LogP contribution in [0.1, 0.15) is 12.5 Å². The number of carbonyl (C=O) groups is 1. The predicted molar refractivity (Wildman–Crippen MR) is 109 cm³/mol. The summed E-state index contributed by atoms with van der Waals surface area (Å²) in [7, 11) is 0. The highest BCUT2D eigenvalue weighted by Crippen LogP contribution is 2.29. The molecule has 28 heavy (non-hydrogen) atoms. The summed E-state index contributed by atoms with van der Waals surface area (Å²) in [5, 5.41) is 5.84. The average molecular weight is 377 g/mol. The minimum Gasteiger partial charge on any atom is -0.383 e. The third kappa shape index (κ3) is 5.37. The Labute approximate surface area is 163 Å². The highest BCUT2D eigenvalue weighted by Gasteiger charge is 2.11. The van der Waals surface area contributed by atoms with Crippen molar-refractivity contribution in [3.8, 4) is 11.1 Å².